The number of halogens is 1. The summed E-state index contributed by atoms with van der Waals surface area (Å²) >= 11 is 3.43. The van der Waals surface area contributed by atoms with E-state index in [4.69, 9.17) is 14.3 Å². The molecule has 0 fully saturated rings. The Kier molecular flexibility index (Phi) is 6.85. The van der Waals surface area contributed by atoms with Gasteiger partial charge in [0.15, 0.2) is 0 Å². The summed E-state index contributed by atoms with van der Waals surface area (Å²) in [5.74, 6) is 1.39. The molecule has 0 aliphatic heterocycles. The van der Waals surface area contributed by atoms with Crippen molar-refractivity contribution in [3.63, 3.8) is 0 Å². The summed E-state index contributed by atoms with van der Waals surface area (Å²) in [4.78, 5) is 4.54. The van der Waals surface area contributed by atoms with Gasteiger partial charge in [0.1, 0.15) is 17.7 Å². The molecule has 0 unspecified atom stereocenters. The van der Waals surface area contributed by atoms with Gasteiger partial charge in [0, 0.05) is 22.7 Å². The number of oxazole rings is 1. The molecule has 0 spiro atoms. The maximum atomic E-state index is 8.94. The van der Waals surface area contributed by atoms with Gasteiger partial charge in [0.05, 0.1) is 7.11 Å². The van der Waals surface area contributed by atoms with Crippen molar-refractivity contribution in [2.45, 2.75) is 19.3 Å². The summed E-state index contributed by atoms with van der Waals surface area (Å²) < 4.78 is 12.1. The number of aliphatic hydroxyl groups is 1. The highest BCUT2D eigenvalue weighted by molar-refractivity contribution is 9.10. The molecule has 1 N–H and O–H groups in total. The minimum atomic E-state index is 0.218. The second kappa shape index (κ2) is 9.53. The predicted molar refractivity (Wildman–Crippen MR) is 112 cm³/mol. The first-order chi connectivity index (χ1) is 13.2. The fourth-order valence-corrected chi connectivity index (χ4v) is 3.04. The zero-order valence-corrected chi connectivity index (χ0v) is 16.8. The molecule has 0 amide bonds. The lowest BCUT2D eigenvalue weighted by atomic mass is 10.0. The smallest absolute Gasteiger partial charge is 0.219 e. The molecular formula is C22H22BrNO3. The number of aliphatic hydroxyl groups excluding tert-OH is 1. The quantitative estimate of drug-likeness (QED) is 0.475. The fourth-order valence-electron chi connectivity index (χ4n) is 2.78. The highest BCUT2D eigenvalue weighted by atomic mass is 79.9. The average molecular weight is 428 g/mol. The largest absolute Gasteiger partial charge is 0.496 e. The molecule has 0 saturated carbocycles. The number of methoxy groups -OCH3 is 1. The Labute approximate surface area is 167 Å². The molecule has 27 heavy (non-hydrogen) atoms. The van der Waals surface area contributed by atoms with Gasteiger partial charge >= 0.3 is 0 Å². The molecule has 140 valence electrons. The van der Waals surface area contributed by atoms with E-state index in [9.17, 15) is 0 Å². The monoisotopic (exact) mass is 427 g/mol. The van der Waals surface area contributed by atoms with Crippen LogP contribution in [0.2, 0.25) is 0 Å². The average Bonchev–Trinajstić information content (AvgIpc) is 3.17. The summed E-state index contributed by atoms with van der Waals surface area (Å²) in [7, 11) is 1.67. The van der Waals surface area contributed by atoms with Crippen molar-refractivity contribution in [1.82, 2.24) is 4.98 Å². The van der Waals surface area contributed by atoms with Gasteiger partial charge in [-0.05, 0) is 54.7 Å². The molecule has 0 radical (unpaired) electrons. The van der Waals surface area contributed by atoms with Gasteiger partial charge in [0.2, 0.25) is 5.89 Å². The van der Waals surface area contributed by atoms with Crippen LogP contribution in [0.25, 0.3) is 23.4 Å². The SMILES string of the molecule is COc1cc(-c2coc(C=Cc3ccc(Br)cc3)n2)ccc1CCCCO. The Morgan fingerprint density at radius 2 is 1.93 bits per heavy atom. The standard InChI is InChI=1S/C22H22BrNO3/c1-26-21-14-18(9-8-17(21)4-2-3-13-25)20-15-27-22(24-20)12-7-16-5-10-19(23)11-6-16/h5-12,14-15,25H,2-4,13H2,1H3. The number of ether oxygens (including phenoxy) is 1. The van der Waals surface area contributed by atoms with E-state index in [0.29, 0.717) is 5.89 Å². The van der Waals surface area contributed by atoms with E-state index in [1.54, 1.807) is 13.4 Å². The van der Waals surface area contributed by atoms with Gasteiger partial charge in [-0.3, -0.25) is 0 Å². The van der Waals surface area contributed by atoms with Gasteiger partial charge < -0.3 is 14.3 Å². The third kappa shape index (κ3) is 5.31. The Morgan fingerprint density at radius 1 is 1.11 bits per heavy atom. The maximum Gasteiger partial charge on any atom is 0.219 e. The van der Waals surface area contributed by atoms with E-state index >= 15 is 0 Å². The number of unbranched alkanes of at least 4 members (excludes halogenated alkanes) is 1. The van der Waals surface area contributed by atoms with Crippen LogP contribution in [-0.2, 0) is 6.42 Å². The minimum absolute atomic E-state index is 0.218. The van der Waals surface area contributed by atoms with E-state index in [2.05, 4.69) is 27.0 Å². The van der Waals surface area contributed by atoms with Crippen molar-refractivity contribution in [3.8, 4) is 17.0 Å². The van der Waals surface area contributed by atoms with Gasteiger partial charge in [-0.2, -0.15) is 0 Å². The zero-order valence-electron chi connectivity index (χ0n) is 15.2. The Balaban J connectivity index is 1.74. The molecular weight excluding hydrogens is 406 g/mol. The molecule has 4 nitrogen and oxygen atoms in total. The summed E-state index contributed by atoms with van der Waals surface area (Å²) in [6.45, 7) is 0.218. The van der Waals surface area contributed by atoms with Gasteiger partial charge in [-0.15, -0.1) is 0 Å². The molecule has 1 heterocycles. The Hall–Kier alpha value is -2.37. The molecule has 1 aromatic heterocycles. The number of benzene rings is 2. The topological polar surface area (TPSA) is 55.5 Å². The second-order valence-corrected chi connectivity index (χ2v) is 7.08. The highest BCUT2D eigenvalue weighted by Crippen LogP contribution is 2.28. The summed E-state index contributed by atoms with van der Waals surface area (Å²) in [5.41, 5.74) is 3.93. The third-order valence-corrected chi connectivity index (χ3v) is 4.78. The van der Waals surface area contributed by atoms with E-state index in [1.165, 1.54) is 0 Å². The first-order valence-electron chi connectivity index (χ1n) is 8.87. The van der Waals surface area contributed by atoms with Crippen molar-refractivity contribution in [3.05, 3.63) is 70.2 Å². The van der Waals surface area contributed by atoms with Crippen LogP contribution < -0.4 is 4.74 Å². The van der Waals surface area contributed by atoms with E-state index in [0.717, 1.165) is 51.9 Å². The Morgan fingerprint density at radius 3 is 2.67 bits per heavy atom. The number of aromatic nitrogens is 1. The molecule has 0 aliphatic carbocycles. The number of hydrogen-bond donors (Lipinski definition) is 1. The molecule has 3 rings (SSSR count). The molecule has 3 aromatic rings. The van der Waals surface area contributed by atoms with Crippen LogP contribution in [0.1, 0.15) is 29.9 Å². The van der Waals surface area contributed by atoms with Crippen LogP contribution in [0.5, 0.6) is 5.75 Å². The Bertz CT molecular complexity index is 900. The van der Waals surface area contributed by atoms with Crippen molar-refractivity contribution in [2.75, 3.05) is 13.7 Å². The van der Waals surface area contributed by atoms with E-state index in [-0.39, 0.29) is 6.61 Å². The predicted octanol–water partition coefficient (Wildman–Crippen LogP) is 5.60. The number of rotatable bonds is 8. The van der Waals surface area contributed by atoms with Gasteiger partial charge in [-0.25, -0.2) is 4.98 Å². The van der Waals surface area contributed by atoms with Crippen LogP contribution in [0, 0.1) is 0 Å². The highest BCUT2D eigenvalue weighted by Gasteiger charge is 2.09. The van der Waals surface area contributed by atoms with Crippen LogP contribution in [0.15, 0.2) is 57.6 Å². The molecule has 0 atom stereocenters. The number of nitrogens with zero attached hydrogens (tertiary/aromatic N) is 1. The van der Waals surface area contributed by atoms with Crippen molar-refractivity contribution >= 4 is 28.1 Å². The molecule has 0 bridgehead atoms. The van der Waals surface area contributed by atoms with E-state index in [1.807, 2.05) is 48.6 Å². The molecule has 0 saturated heterocycles. The molecule has 5 heteroatoms. The summed E-state index contributed by atoms with van der Waals surface area (Å²) in [6.07, 6.45) is 8.08. The van der Waals surface area contributed by atoms with Crippen molar-refractivity contribution in [2.24, 2.45) is 0 Å². The third-order valence-electron chi connectivity index (χ3n) is 4.25. The maximum absolute atomic E-state index is 8.94. The van der Waals surface area contributed by atoms with Crippen molar-refractivity contribution in [1.29, 1.82) is 0 Å². The summed E-state index contributed by atoms with van der Waals surface area (Å²) in [6, 6.07) is 14.1. The minimum Gasteiger partial charge on any atom is -0.496 e. The lowest BCUT2D eigenvalue weighted by Gasteiger charge is -2.09. The van der Waals surface area contributed by atoms with Gasteiger partial charge in [0.25, 0.3) is 0 Å². The van der Waals surface area contributed by atoms with Crippen LogP contribution in [0.3, 0.4) is 0 Å². The first kappa shape index (κ1) is 19.4. The van der Waals surface area contributed by atoms with Crippen molar-refractivity contribution < 1.29 is 14.3 Å². The lowest BCUT2D eigenvalue weighted by molar-refractivity contribution is 0.284. The number of aryl methyl sites for hydroxylation is 1. The lowest BCUT2D eigenvalue weighted by Crippen LogP contribution is -1.94. The van der Waals surface area contributed by atoms with Gasteiger partial charge in [-0.1, -0.05) is 40.2 Å². The zero-order chi connectivity index (χ0) is 19.1. The second-order valence-electron chi connectivity index (χ2n) is 6.16. The van der Waals surface area contributed by atoms with Crippen LogP contribution in [-0.4, -0.2) is 23.8 Å². The van der Waals surface area contributed by atoms with E-state index < -0.39 is 0 Å². The van der Waals surface area contributed by atoms with Crippen LogP contribution >= 0.6 is 15.9 Å². The molecule has 2 aromatic carbocycles. The normalized spacial score (nSPS) is 11.2. The first-order valence-corrected chi connectivity index (χ1v) is 9.66. The molecule has 0 aliphatic rings. The van der Waals surface area contributed by atoms with Crippen LogP contribution in [0.4, 0.5) is 0 Å². The fraction of sp³-hybridized carbons (Fsp3) is 0.227. The summed E-state index contributed by atoms with van der Waals surface area (Å²) in [5, 5.41) is 8.94. The number of hydrogen-bond acceptors (Lipinski definition) is 4.